The minimum Gasteiger partial charge on any atom is -0.353 e. The largest absolute Gasteiger partial charge is 0.353 e. The maximum Gasteiger partial charge on any atom is 0.239 e. The molecule has 0 spiro atoms. The van der Waals surface area contributed by atoms with E-state index in [1.807, 2.05) is 6.20 Å². The Kier molecular flexibility index (Phi) is 6.23. The zero-order valence-corrected chi connectivity index (χ0v) is 19.8. The van der Waals surface area contributed by atoms with E-state index in [1.54, 1.807) is 0 Å². The summed E-state index contributed by atoms with van der Waals surface area (Å²) in [4.78, 5) is 15.1. The van der Waals surface area contributed by atoms with Gasteiger partial charge in [0, 0.05) is 55.0 Å². The maximum absolute atomic E-state index is 12.7. The number of nitrogens with one attached hydrogen (secondary N) is 1. The first-order chi connectivity index (χ1) is 16.1. The number of rotatable bonds is 7. The molecular weight excluding hydrogens is 408 g/mol. The predicted octanol–water partition coefficient (Wildman–Crippen LogP) is 5.18. The Morgan fingerprint density at radius 3 is 2.55 bits per heavy atom. The number of carbonyl (C=O) groups excluding carboxylic acids is 1. The van der Waals surface area contributed by atoms with Gasteiger partial charge in [0.2, 0.25) is 5.91 Å². The number of likely N-dealkylation sites (N-methyl/N-ethyl adjacent to an activating group) is 1. The van der Waals surface area contributed by atoms with Gasteiger partial charge in [0.1, 0.15) is 6.54 Å². The zero-order chi connectivity index (χ0) is 22.8. The number of aromatic nitrogens is 2. The summed E-state index contributed by atoms with van der Waals surface area (Å²) in [6.45, 7) is 1.96. The molecule has 5 nitrogen and oxygen atoms in total. The van der Waals surface area contributed by atoms with Crippen LogP contribution in [0.4, 0.5) is 0 Å². The van der Waals surface area contributed by atoms with Gasteiger partial charge in [-0.3, -0.25) is 4.79 Å². The van der Waals surface area contributed by atoms with E-state index < -0.39 is 0 Å². The van der Waals surface area contributed by atoms with Crippen LogP contribution in [0.3, 0.4) is 0 Å². The molecule has 0 unspecified atom stereocenters. The zero-order valence-electron chi connectivity index (χ0n) is 19.8. The van der Waals surface area contributed by atoms with Crippen molar-refractivity contribution in [2.24, 2.45) is 7.05 Å². The van der Waals surface area contributed by atoms with Gasteiger partial charge in [0.25, 0.3) is 0 Å². The van der Waals surface area contributed by atoms with Gasteiger partial charge in [0.15, 0.2) is 0 Å². The molecule has 1 aliphatic carbocycles. The molecule has 0 aliphatic heterocycles. The quantitative estimate of drug-likeness (QED) is 0.428. The summed E-state index contributed by atoms with van der Waals surface area (Å²) in [7, 11) is 4.26. The summed E-state index contributed by atoms with van der Waals surface area (Å²) in [6, 6.07) is 18.0. The molecule has 2 aromatic heterocycles. The number of benzene rings is 2. The number of carbonyl (C=O) groups is 1. The molecule has 1 aliphatic rings. The van der Waals surface area contributed by atoms with Crippen LogP contribution in [0.25, 0.3) is 32.9 Å². The molecule has 5 heteroatoms. The Balaban J connectivity index is 1.25. The van der Waals surface area contributed by atoms with Gasteiger partial charge in [-0.05, 0) is 66.7 Å². The summed E-state index contributed by atoms with van der Waals surface area (Å²) >= 11 is 0. The maximum atomic E-state index is 12.7. The first-order valence-corrected chi connectivity index (χ1v) is 12.2. The molecule has 5 rings (SSSR count). The Hall–Kier alpha value is -3.05. The van der Waals surface area contributed by atoms with Crippen LogP contribution in [0.1, 0.15) is 32.1 Å². The summed E-state index contributed by atoms with van der Waals surface area (Å²) in [5, 5.41) is 5.52. The number of hydrogen-bond donors (Lipinski definition) is 1. The number of nitrogens with zero attached hydrogens (tertiary/aromatic N) is 3. The fourth-order valence-corrected chi connectivity index (χ4v) is 5.25. The van der Waals surface area contributed by atoms with Crippen molar-refractivity contribution in [3.05, 3.63) is 60.9 Å². The van der Waals surface area contributed by atoms with Gasteiger partial charge in [-0.2, -0.15) is 0 Å². The van der Waals surface area contributed by atoms with E-state index in [1.165, 1.54) is 54.1 Å². The van der Waals surface area contributed by atoms with Crippen LogP contribution in [0, 0.1) is 0 Å². The highest BCUT2D eigenvalue weighted by molar-refractivity contribution is 5.90. The van der Waals surface area contributed by atoms with Crippen molar-refractivity contribution in [3.8, 4) is 11.1 Å². The van der Waals surface area contributed by atoms with Crippen LogP contribution >= 0.6 is 0 Å². The van der Waals surface area contributed by atoms with Crippen molar-refractivity contribution >= 4 is 27.7 Å². The van der Waals surface area contributed by atoms with Crippen molar-refractivity contribution < 1.29 is 4.79 Å². The first kappa shape index (κ1) is 21.8. The van der Waals surface area contributed by atoms with Crippen LogP contribution in [-0.2, 0) is 18.4 Å². The van der Waals surface area contributed by atoms with Crippen molar-refractivity contribution in [2.45, 2.75) is 44.7 Å². The van der Waals surface area contributed by atoms with Crippen LogP contribution in [-0.4, -0.2) is 46.1 Å². The smallest absolute Gasteiger partial charge is 0.239 e. The van der Waals surface area contributed by atoms with Gasteiger partial charge in [-0.1, -0.05) is 37.5 Å². The van der Waals surface area contributed by atoms with Crippen molar-refractivity contribution in [3.63, 3.8) is 0 Å². The SMILES string of the molecule is CN(CCNC(=O)Cn1ccc2ccc(-c3ccc4c(ccn4C)c3)cc21)C1CCCCC1. The monoisotopic (exact) mass is 442 g/mol. The lowest BCUT2D eigenvalue weighted by atomic mass is 9.94. The molecule has 2 heterocycles. The first-order valence-electron chi connectivity index (χ1n) is 12.2. The van der Waals surface area contributed by atoms with Gasteiger partial charge in [-0.25, -0.2) is 0 Å². The van der Waals surface area contributed by atoms with E-state index in [2.05, 4.69) is 88.2 Å². The molecule has 2 aromatic carbocycles. The molecule has 0 atom stereocenters. The van der Waals surface area contributed by atoms with Crippen molar-refractivity contribution in [1.29, 1.82) is 0 Å². The van der Waals surface area contributed by atoms with E-state index in [9.17, 15) is 4.79 Å². The van der Waals surface area contributed by atoms with E-state index in [0.717, 1.165) is 17.4 Å². The molecule has 1 N–H and O–H groups in total. The lowest BCUT2D eigenvalue weighted by Gasteiger charge is -2.31. The topological polar surface area (TPSA) is 42.2 Å². The van der Waals surface area contributed by atoms with E-state index in [4.69, 9.17) is 0 Å². The molecule has 4 aromatic rings. The molecule has 1 amide bonds. The summed E-state index contributed by atoms with van der Waals surface area (Å²) in [6.07, 6.45) is 10.7. The minimum atomic E-state index is 0.0700. The second-order valence-electron chi connectivity index (χ2n) is 9.54. The Morgan fingerprint density at radius 2 is 1.70 bits per heavy atom. The number of hydrogen-bond acceptors (Lipinski definition) is 2. The van der Waals surface area contributed by atoms with E-state index in [-0.39, 0.29) is 5.91 Å². The third-order valence-corrected chi connectivity index (χ3v) is 7.29. The van der Waals surface area contributed by atoms with E-state index in [0.29, 0.717) is 19.1 Å². The third-order valence-electron chi connectivity index (χ3n) is 7.29. The van der Waals surface area contributed by atoms with Crippen LogP contribution in [0.5, 0.6) is 0 Å². The second kappa shape index (κ2) is 9.44. The predicted molar refractivity (Wildman–Crippen MR) is 136 cm³/mol. The van der Waals surface area contributed by atoms with Crippen LogP contribution < -0.4 is 5.32 Å². The van der Waals surface area contributed by atoms with Gasteiger partial charge in [0.05, 0.1) is 0 Å². The number of fused-ring (bicyclic) bond motifs is 2. The third kappa shape index (κ3) is 4.69. The average molecular weight is 443 g/mol. The van der Waals surface area contributed by atoms with Gasteiger partial charge < -0.3 is 19.4 Å². The summed E-state index contributed by atoms with van der Waals surface area (Å²) in [5.74, 6) is 0.0700. The van der Waals surface area contributed by atoms with E-state index >= 15 is 0 Å². The summed E-state index contributed by atoms with van der Waals surface area (Å²) in [5.41, 5.74) is 4.69. The average Bonchev–Trinajstić information content (AvgIpc) is 3.42. The van der Waals surface area contributed by atoms with Crippen LogP contribution in [0.15, 0.2) is 60.9 Å². The Morgan fingerprint density at radius 1 is 0.939 bits per heavy atom. The van der Waals surface area contributed by atoms with Crippen molar-refractivity contribution in [2.75, 3.05) is 20.1 Å². The van der Waals surface area contributed by atoms with Crippen molar-refractivity contribution in [1.82, 2.24) is 19.4 Å². The fourth-order valence-electron chi connectivity index (χ4n) is 5.25. The standard InChI is InChI=1S/C28H34N4O/c1-30(25-6-4-3-5-7-25)17-14-29-28(33)20-32-16-13-21-8-9-23(19-27(21)32)22-10-11-26-24(18-22)12-15-31(26)2/h8-13,15-16,18-19,25H,3-7,14,17,20H2,1-2H3,(H,29,33). The second-order valence-corrected chi connectivity index (χ2v) is 9.54. The Labute approximate surface area is 196 Å². The normalized spacial score (nSPS) is 15.0. The molecule has 33 heavy (non-hydrogen) atoms. The molecule has 1 saturated carbocycles. The molecule has 1 fully saturated rings. The minimum absolute atomic E-state index is 0.0700. The van der Waals surface area contributed by atoms with Crippen LogP contribution in [0.2, 0.25) is 0 Å². The molecule has 0 bridgehead atoms. The molecular formula is C28H34N4O. The molecule has 0 radical (unpaired) electrons. The molecule has 172 valence electrons. The Bertz CT molecular complexity index is 1260. The highest BCUT2D eigenvalue weighted by Crippen LogP contribution is 2.28. The highest BCUT2D eigenvalue weighted by Gasteiger charge is 2.17. The fraction of sp³-hybridized carbons (Fsp3) is 0.393. The summed E-state index contributed by atoms with van der Waals surface area (Å²) < 4.78 is 4.19. The number of amides is 1. The molecule has 0 saturated heterocycles. The highest BCUT2D eigenvalue weighted by atomic mass is 16.1. The van der Waals surface area contributed by atoms with Gasteiger partial charge >= 0.3 is 0 Å². The van der Waals surface area contributed by atoms with Gasteiger partial charge in [-0.15, -0.1) is 0 Å². The lowest BCUT2D eigenvalue weighted by molar-refractivity contribution is -0.121. The lowest BCUT2D eigenvalue weighted by Crippen LogP contribution is -2.40. The number of aryl methyl sites for hydroxylation is 1.